The van der Waals surface area contributed by atoms with Gasteiger partial charge in [0.25, 0.3) is 0 Å². The zero-order chi connectivity index (χ0) is 20.0. The van der Waals surface area contributed by atoms with Gasteiger partial charge in [-0.1, -0.05) is 20.8 Å². The van der Waals surface area contributed by atoms with Crippen molar-refractivity contribution >= 4 is 16.1 Å². The largest absolute Gasteiger partial charge is 0.493 e. The smallest absolute Gasteiger partial charge is 0.409 e. The van der Waals surface area contributed by atoms with Crippen LogP contribution in [-0.2, 0) is 14.8 Å². The lowest BCUT2D eigenvalue weighted by molar-refractivity contribution is 0.0934. The van der Waals surface area contributed by atoms with Crippen LogP contribution in [0.15, 0.2) is 23.1 Å². The molecule has 2 rings (SSSR count). The van der Waals surface area contributed by atoms with Gasteiger partial charge in [-0.05, 0) is 43.0 Å². The number of ether oxygens (including phenoxy) is 2. The highest BCUT2D eigenvalue weighted by Gasteiger charge is 2.31. The summed E-state index contributed by atoms with van der Waals surface area (Å²) in [5.41, 5.74) is 0.884. The van der Waals surface area contributed by atoms with Crippen molar-refractivity contribution < 1.29 is 22.7 Å². The van der Waals surface area contributed by atoms with Crippen molar-refractivity contribution in [3.05, 3.63) is 23.8 Å². The van der Waals surface area contributed by atoms with Crippen molar-refractivity contribution in [2.45, 2.75) is 44.9 Å². The van der Waals surface area contributed by atoms with E-state index < -0.39 is 16.1 Å². The Morgan fingerprint density at radius 3 is 2.37 bits per heavy atom. The molecular formula is C19H30N2O5S. The summed E-state index contributed by atoms with van der Waals surface area (Å²) in [6.45, 7) is 9.88. The molecule has 0 N–H and O–H groups in total. The number of hydrogen-bond acceptors (Lipinski definition) is 5. The van der Waals surface area contributed by atoms with Gasteiger partial charge in [0.05, 0.1) is 18.1 Å². The number of benzene rings is 1. The molecule has 1 amide bonds. The molecule has 0 spiro atoms. The summed E-state index contributed by atoms with van der Waals surface area (Å²) in [4.78, 5) is 13.6. The minimum Gasteiger partial charge on any atom is -0.493 e. The number of rotatable bonds is 7. The number of piperazine rings is 1. The number of amides is 1. The maximum absolute atomic E-state index is 13.0. The van der Waals surface area contributed by atoms with Gasteiger partial charge < -0.3 is 14.4 Å². The topological polar surface area (TPSA) is 76.2 Å². The molecule has 0 aromatic heterocycles. The van der Waals surface area contributed by atoms with E-state index in [0.717, 1.165) is 17.7 Å². The average molecular weight is 399 g/mol. The standard InChI is InChI=1S/C19H30N2O5S/c1-5-13-26-18-8-7-16(14-17(18)15(3)4)27(23,24)21-11-9-20(10-12-21)19(22)25-6-2/h7-8,14-15H,5-6,9-13H2,1-4H3. The van der Waals surface area contributed by atoms with Crippen molar-refractivity contribution in [1.82, 2.24) is 9.21 Å². The molecule has 0 radical (unpaired) electrons. The second-order valence-electron chi connectivity index (χ2n) is 6.79. The quantitative estimate of drug-likeness (QED) is 0.706. The van der Waals surface area contributed by atoms with E-state index in [4.69, 9.17) is 9.47 Å². The van der Waals surface area contributed by atoms with Crippen molar-refractivity contribution in [3.63, 3.8) is 0 Å². The lowest BCUT2D eigenvalue weighted by Gasteiger charge is -2.33. The fourth-order valence-electron chi connectivity index (χ4n) is 2.96. The molecular weight excluding hydrogens is 368 g/mol. The van der Waals surface area contributed by atoms with E-state index in [2.05, 4.69) is 0 Å². The number of carbonyl (C=O) groups excluding carboxylic acids is 1. The molecule has 7 nitrogen and oxygen atoms in total. The van der Waals surface area contributed by atoms with Crippen LogP contribution in [0.5, 0.6) is 5.75 Å². The lowest BCUT2D eigenvalue weighted by Crippen LogP contribution is -2.50. The third-order valence-electron chi connectivity index (χ3n) is 4.47. The van der Waals surface area contributed by atoms with E-state index >= 15 is 0 Å². The molecule has 0 aliphatic carbocycles. The molecule has 8 heteroatoms. The van der Waals surface area contributed by atoms with E-state index in [1.807, 2.05) is 20.8 Å². The number of nitrogens with zero attached hydrogens (tertiary/aromatic N) is 2. The first-order valence-corrected chi connectivity index (χ1v) is 10.9. The number of carbonyl (C=O) groups is 1. The van der Waals surface area contributed by atoms with Gasteiger partial charge >= 0.3 is 6.09 Å². The van der Waals surface area contributed by atoms with Crippen LogP contribution in [0.25, 0.3) is 0 Å². The average Bonchev–Trinajstić information content (AvgIpc) is 2.66. The van der Waals surface area contributed by atoms with Crippen molar-refractivity contribution in [1.29, 1.82) is 0 Å². The fourth-order valence-corrected chi connectivity index (χ4v) is 4.41. The van der Waals surface area contributed by atoms with Gasteiger partial charge in [-0.15, -0.1) is 0 Å². The van der Waals surface area contributed by atoms with Crippen LogP contribution in [0, 0.1) is 0 Å². The van der Waals surface area contributed by atoms with Gasteiger partial charge in [-0.3, -0.25) is 0 Å². The van der Waals surface area contributed by atoms with E-state index in [1.165, 1.54) is 9.21 Å². The highest BCUT2D eigenvalue weighted by atomic mass is 32.2. The molecule has 1 aromatic carbocycles. The zero-order valence-electron chi connectivity index (χ0n) is 16.6. The van der Waals surface area contributed by atoms with Crippen LogP contribution in [0.4, 0.5) is 4.79 Å². The summed E-state index contributed by atoms with van der Waals surface area (Å²) >= 11 is 0. The van der Waals surface area contributed by atoms with E-state index in [1.54, 1.807) is 25.1 Å². The highest BCUT2D eigenvalue weighted by Crippen LogP contribution is 2.30. The van der Waals surface area contributed by atoms with E-state index in [9.17, 15) is 13.2 Å². The van der Waals surface area contributed by atoms with E-state index in [0.29, 0.717) is 26.3 Å². The first-order valence-electron chi connectivity index (χ1n) is 9.49. The summed E-state index contributed by atoms with van der Waals surface area (Å²) < 4.78 is 38.2. The Hall–Kier alpha value is -1.80. The van der Waals surface area contributed by atoms with Crippen molar-refractivity contribution in [3.8, 4) is 5.75 Å². The molecule has 152 valence electrons. The zero-order valence-corrected chi connectivity index (χ0v) is 17.4. The predicted octanol–water partition coefficient (Wildman–Crippen LogP) is 3.06. The molecule has 0 bridgehead atoms. The van der Waals surface area contributed by atoms with Gasteiger partial charge in [0.1, 0.15) is 5.75 Å². The van der Waals surface area contributed by atoms with Crippen LogP contribution in [0.2, 0.25) is 0 Å². The van der Waals surface area contributed by atoms with Crippen molar-refractivity contribution in [2.75, 3.05) is 39.4 Å². The van der Waals surface area contributed by atoms with Crippen LogP contribution in [0.1, 0.15) is 45.6 Å². The SMILES string of the molecule is CCCOc1ccc(S(=O)(=O)N2CCN(C(=O)OCC)CC2)cc1C(C)C. The molecule has 0 atom stereocenters. The number of hydrogen-bond donors (Lipinski definition) is 0. The molecule has 1 aliphatic rings. The Balaban J connectivity index is 2.17. The predicted molar refractivity (Wildman–Crippen MR) is 104 cm³/mol. The Morgan fingerprint density at radius 1 is 1.15 bits per heavy atom. The maximum Gasteiger partial charge on any atom is 0.409 e. The summed E-state index contributed by atoms with van der Waals surface area (Å²) in [5.74, 6) is 0.880. The molecule has 0 unspecified atom stereocenters. The second kappa shape index (κ2) is 9.41. The minimum absolute atomic E-state index is 0.146. The minimum atomic E-state index is -3.62. The fraction of sp³-hybridized carbons (Fsp3) is 0.632. The molecule has 27 heavy (non-hydrogen) atoms. The summed E-state index contributed by atoms with van der Waals surface area (Å²) in [5, 5.41) is 0. The first kappa shape index (κ1) is 21.5. The third-order valence-corrected chi connectivity index (χ3v) is 6.36. The Morgan fingerprint density at radius 2 is 1.81 bits per heavy atom. The lowest BCUT2D eigenvalue weighted by atomic mass is 10.0. The third kappa shape index (κ3) is 5.13. The first-order chi connectivity index (χ1) is 12.8. The van der Waals surface area contributed by atoms with Gasteiger partial charge in [-0.2, -0.15) is 4.31 Å². The van der Waals surface area contributed by atoms with Gasteiger partial charge in [0.2, 0.25) is 10.0 Å². The summed E-state index contributed by atoms with van der Waals surface area (Å²) in [6.07, 6.45) is 0.497. The molecule has 1 aliphatic heterocycles. The Labute approximate surface area is 162 Å². The molecule has 1 aromatic rings. The summed E-state index contributed by atoms with van der Waals surface area (Å²) in [6, 6.07) is 5.05. The molecule has 1 heterocycles. The van der Waals surface area contributed by atoms with Gasteiger partial charge in [0.15, 0.2) is 0 Å². The van der Waals surface area contributed by atoms with Crippen LogP contribution >= 0.6 is 0 Å². The second-order valence-corrected chi connectivity index (χ2v) is 8.73. The molecule has 0 saturated carbocycles. The van der Waals surface area contributed by atoms with Gasteiger partial charge in [0, 0.05) is 26.2 Å². The maximum atomic E-state index is 13.0. The molecule has 1 saturated heterocycles. The van der Waals surface area contributed by atoms with Crippen molar-refractivity contribution in [2.24, 2.45) is 0 Å². The highest BCUT2D eigenvalue weighted by molar-refractivity contribution is 7.89. The van der Waals surface area contributed by atoms with Gasteiger partial charge in [-0.25, -0.2) is 13.2 Å². The summed E-state index contributed by atoms with van der Waals surface area (Å²) in [7, 11) is -3.62. The Kier molecular flexibility index (Phi) is 7.49. The monoisotopic (exact) mass is 398 g/mol. The van der Waals surface area contributed by atoms with E-state index in [-0.39, 0.29) is 23.9 Å². The Bertz CT molecular complexity index is 740. The van der Waals surface area contributed by atoms with Crippen LogP contribution in [0.3, 0.4) is 0 Å². The van der Waals surface area contributed by atoms with Crippen LogP contribution in [-0.4, -0.2) is 63.1 Å². The number of sulfonamides is 1. The normalized spacial score (nSPS) is 15.8. The van der Waals surface area contributed by atoms with Crippen LogP contribution < -0.4 is 4.74 Å². The molecule has 1 fully saturated rings.